The van der Waals surface area contributed by atoms with Gasteiger partial charge in [-0.15, -0.1) is 0 Å². The van der Waals surface area contributed by atoms with Crippen molar-refractivity contribution in [3.8, 4) is 36.4 Å². The van der Waals surface area contributed by atoms with Crippen LogP contribution in [0.15, 0.2) is 35.4 Å². The van der Waals surface area contributed by atoms with Crippen LogP contribution >= 0.6 is 0 Å². The lowest BCUT2D eigenvalue weighted by Crippen LogP contribution is -2.10. The molecule has 2 aliphatic carbocycles. The van der Waals surface area contributed by atoms with E-state index in [1.54, 1.807) is 0 Å². The van der Waals surface area contributed by atoms with Crippen molar-refractivity contribution in [3.63, 3.8) is 0 Å². The number of fused-ring (bicyclic) bond motifs is 2. The van der Waals surface area contributed by atoms with Gasteiger partial charge in [0.1, 0.15) is 70.6 Å². The van der Waals surface area contributed by atoms with E-state index in [4.69, 9.17) is 0 Å². The monoisotopic (exact) mass is 690 g/mol. The number of rotatable bonds is 2. The molecule has 0 aliphatic heterocycles. The zero-order valence-corrected chi connectivity index (χ0v) is 23.7. The van der Waals surface area contributed by atoms with E-state index in [-0.39, 0.29) is 12.1 Å². The van der Waals surface area contributed by atoms with E-state index in [1.165, 1.54) is 36.4 Å². The molecule has 0 N–H and O–H groups in total. The number of alkyl halides is 6. The van der Waals surface area contributed by atoms with E-state index in [0.29, 0.717) is 12.1 Å². The Morgan fingerprint density at radius 2 is 0.820 bits per heavy atom. The maximum absolute atomic E-state index is 16.9. The quantitative estimate of drug-likeness (QED) is 0.151. The molecule has 242 valence electrons. The molecule has 2 aromatic heterocycles. The number of hydrogen-bond donors (Lipinski definition) is 0. The van der Waals surface area contributed by atoms with E-state index < -0.39 is 125 Å². The normalized spacial score (nSPS) is 13.4. The fourth-order valence-corrected chi connectivity index (χ4v) is 5.53. The summed E-state index contributed by atoms with van der Waals surface area (Å²) in [6.07, 6.45) is -10.6. The SMILES string of the molecule is N#CC(C#N)=C1C(c2cc(F)nc(C(F)(F)F)c2)=C(C#N)c2c(F)c3c(c(F)c21)C(C#N)=C(c1cc(F)nc(C(F)(F)F)c1)C3=C(C#N)C#N. The molecular formula is C32H4F10N8. The highest BCUT2D eigenvalue weighted by Gasteiger charge is 2.45. The average molecular weight is 690 g/mol. The average Bonchev–Trinajstić information content (AvgIpc) is 3.58. The molecule has 0 spiro atoms. The lowest BCUT2D eigenvalue weighted by Gasteiger charge is -2.14. The number of pyridine rings is 2. The topological polar surface area (TPSA) is 169 Å². The number of halogens is 10. The molecule has 18 heteroatoms. The summed E-state index contributed by atoms with van der Waals surface area (Å²) < 4.78 is 144. The minimum absolute atomic E-state index is 0.154. The second kappa shape index (κ2) is 11.8. The van der Waals surface area contributed by atoms with Gasteiger partial charge >= 0.3 is 12.4 Å². The van der Waals surface area contributed by atoms with Gasteiger partial charge in [0.25, 0.3) is 0 Å². The third-order valence-corrected chi connectivity index (χ3v) is 7.30. The lowest BCUT2D eigenvalue weighted by molar-refractivity contribution is -0.142. The zero-order chi connectivity index (χ0) is 37.0. The predicted molar refractivity (Wildman–Crippen MR) is 146 cm³/mol. The van der Waals surface area contributed by atoms with Gasteiger partial charge in [0, 0.05) is 56.7 Å². The predicted octanol–water partition coefficient (Wildman–Crippen LogP) is 7.57. The van der Waals surface area contributed by atoms with Crippen molar-refractivity contribution in [2.24, 2.45) is 0 Å². The number of benzene rings is 1. The molecular weight excluding hydrogens is 686 g/mol. The Hall–Kier alpha value is -7.28. The molecule has 0 bridgehead atoms. The maximum atomic E-state index is 16.9. The molecule has 50 heavy (non-hydrogen) atoms. The molecule has 3 aromatic rings. The molecule has 0 saturated carbocycles. The number of hydrogen-bond acceptors (Lipinski definition) is 8. The molecule has 0 atom stereocenters. The van der Waals surface area contributed by atoms with Crippen LogP contribution in [0, 0.1) is 91.5 Å². The van der Waals surface area contributed by atoms with Gasteiger partial charge in [-0.2, -0.15) is 66.7 Å². The van der Waals surface area contributed by atoms with Crippen molar-refractivity contribution < 1.29 is 43.9 Å². The minimum atomic E-state index is -5.32. The van der Waals surface area contributed by atoms with Crippen LogP contribution in [0.1, 0.15) is 44.8 Å². The summed E-state index contributed by atoms with van der Waals surface area (Å²) in [4.78, 5) is 5.41. The van der Waals surface area contributed by atoms with E-state index in [1.807, 2.05) is 0 Å². The first-order valence-electron chi connectivity index (χ1n) is 12.9. The third-order valence-electron chi connectivity index (χ3n) is 7.30. The van der Waals surface area contributed by atoms with Crippen molar-refractivity contribution in [2.45, 2.75) is 12.4 Å². The fourth-order valence-electron chi connectivity index (χ4n) is 5.53. The van der Waals surface area contributed by atoms with E-state index in [9.17, 15) is 66.7 Å². The number of nitriles is 6. The molecule has 2 aliphatic rings. The van der Waals surface area contributed by atoms with Gasteiger partial charge in [0.05, 0.1) is 11.1 Å². The van der Waals surface area contributed by atoms with Crippen molar-refractivity contribution in [2.75, 3.05) is 0 Å². The highest BCUT2D eigenvalue weighted by Crippen LogP contribution is 2.57. The second-order valence-electron chi connectivity index (χ2n) is 9.92. The first-order chi connectivity index (χ1) is 23.5. The van der Waals surface area contributed by atoms with Crippen LogP contribution in [0.4, 0.5) is 43.9 Å². The molecule has 2 heterocycles. The molecule has 1 aromatic carbocycles. The number of nitrogens with zero attached hydrogens (tertiary/aromatic N) is 8. The molecule has 8 nitrogen and oxygen atoms in total. The van der Waals surface area contributed by atoms with Crippen LogP contribution in [-0.2, 0) is 12.4 Å². The summed E-state index contributed by atoms with van der Waals surface area (Å²) in [6.45, 7) is 0. The van der Waals surface area contributed by atoms with Crippen molar-refractivity contribution in [1.29, 1.82) is 31.6 Å². The van der Waals surface area contributed by atoms with E-state index >= 15 is 8.78 Å². The van der Waals surface area contributed by atoms with Crippen LogP contribution in [0.3, 0.4) is 0 Å². The molecule has 0 radical (unpaired) electrons. The standard InChI is InChI=1S/C32H4F10N8/c33-19-3-11(1-17(49-19)31(37,38)39)21-15(9-47)25-27(23(21)13(5-43)6-44)30(36)26-16(10-48)22(24(14(7-45)8-46)28(26)29(25)35)12-2-18(32(40,41)42)50-20(34)4-12/h1-4H. The van der Waals surface area contributed by atoms with Gasteiger partial charge in [-0.1, -0.05) is 0 Å². The molecule has 0 amide bonds. The van der Waals surface area contributed by atoms with Gasteiger partial charge in [-0.3, -0.25) is 0 Å². The second-order valence-corrected chi connectivity index (χ2v) is 9.92. The Kier molecular flexibility index (Phi) is 8.01. The van der Waals surface area contributed by atoms with Crippen LogP contribution in [0.5, 0.6) is 0 Å². The summed E-state index contributed by atoms with van der Waals surface area (Å²) in [7, 11) is 0. The first kappa shape index (κ1) is 34.1. The highest BCUT2D eigenvalue weighted by molar-refractivity contribution is 6.30. The summed E-state index contributed by atoms with van der Waals surface area (Å²) in [6, 6.07) is 8.95. The van der Waals surface area contributed by atoms with E-state index in [0.717, 1.165) is 0 Å². The van der Waals surface area contributed by atoms with Gasteiger partial charge < -0.3 is 0 Å². The summed E-state index contributed by atoms with van der Waals surface area (Å²) >= 11 is 0. The Balaban J connectivity index is 2.02. The largest absolute Gasteiger partial charge is 0.433 e. The lowest BCUT2D eigenvalue weighted by atomic mass is 9.89. The molecule has 0 fully saturated rings. The van der Waals surface area contributed by atoms with Crippen molar-refractivity contribution >= 4 is 33.4 Å². The van der Waals surface area contributed by atoms with Gasteiger partial charge in [0.2, 0.25) is 11.9 Å². The smallest absolute Gasteiger partial charge is 0.215 e. The van der Waals surface area contributed by atoms with Gasteiger partial charge in [-0.25, -0.2) is 18.7 Å². The molecule has 5 rings (SSSR count). The van der Waals surface area contributed by atoms with Crippen LogP contribution in [-0.4, -0.2) is 9.97 Å². The van der Waals surface area contributed by atoms with Gasteiger partial charge in [-0.05, 0) is 23.3 Å². The fraction of sp³-hybridized carbons (Fsp3) is 0.0625. The van der Waals surface area contributed by atoms with Crippen LogP contribution < -0.4 is 0 Å². The Morgan fingerprint density at radius 1 is 0.500 bits per heavy atom. The Labute approximate surface area is 271 Å². The number of aromatic nitrogens is 2. The third kappa shape index (κ3) is 5.06. The van der Waals surface area contributed by atoms with Crippen molar-refractivity contribution in [3.05, 3.63) is 104 Å². The maximum Gasteiger partial charge on any atom is 0.433 e. The summed E-state index contributed by atoms with van der Waals surface area (Å²) in [5.41, 5.74) is -19.0. The first-order valence-corrected chi connectivity index (χ1v) is 12.9. The van der Waals surface area contributed by atoms with Crippen LogP contribution in [0.25, 0.3) is 33.4 Å². The van der Waals surface area contributed by atoms with Crippen LogP contribution in [0.2, 0.25) is 0 Å². The minimum Gasteiger partial charge on any atom is -0.215 e. The zero-order valence-electron chi connectivity index (χ0n) is 23.7. The summed E-state index contributed by atoms with van der Waals surface area (Å²) in [5.74, 6) is -7.25. The van der Waals surface area contributed by atoms with Crippen molar-refractivity contribution in [1.82, 2.24) is 9.97 Å². The van der Waals surface area contributed by atoms with E-state index in [2.05, 4.69) is 9.97 Å². The Bertz CT molecular complexity index is 2300. The number of allylic oxidation sites excluding steroid dienone is 8. The molecule has 0 saturated heterocycles. The highest BCUT2D eigenvalue weighted by atomic mass is 19.4. The molecule has 0 unspecified atom stereocenters. The van der Waals surface area contributed by atoms with Gasteiger partial charge in [0.15, 0.2) is 0 Å². The Morgan fingerprint density at radius 3 is 1.08 bits per heavy atom. The summed E-state index contributed by atoms with van der Waals surface area (Å²) in [5, 5.41) is 59.1.